The Morgan fingerprint density at radius 1 is 0.361 bits per heavy atom. The molecule has 706 valence electrons. The van der Waals surface area contributed by atoms with Gasteiger partial charge in [0, 0.05) is 82.9 Å². The van der Waals surface area contributed by atoms with E-state index in [0.29, 0.717) is 69.5 Å². The third kappa shape index (κ3) is 42.5. The summed E-state index contributed by atoms with van der Waals surface area (Å²) in [4.78, 5) is 106. The van der Waals surface area contributed by atoms with Gasteiger partial charge < -0.3 is 20.3 Å². The number of carbonyl (C=O) groups is 8. The highest BCUT2D eigenvalue weighted by atomic mass is 19.4. The van der Waals surface area contributed by atoms with E-state index in [-0.39, 0.29) is 161 Å². The van der Waals surface area contributed by atoms with E-state index in [1.54, 1.807) is 34.6 Å². The number of nitrogens with one attached hydrogen (secondary N) is 1. The monoisotopic (exact) mass is 1720 g/mol. The van der Waals surface area contributed by atoms with E-state index in [1.165, 1.54) is 0 Å². The Kier molecular flexibility index (Phi) is 46.8. The summed E-state index contributed by atoms with van der Waals surface area (Å²) in [6.45, 7) is 79.5. The average Bonchev–Trinajstić information content (AvgIpc) is 0.777. The third-order valence-electron chi connectivity index (χ3n) is 26.5. The Morgan fingerprint density at radius 3 is 0.950 bits per heavy atom. The van der Waals surface area contributed by atoms with E-state index < -0.39 is 98.9 Å². The van der Waals surface area contributed by atoms with Crippen LogP contribution in [0.5, 0.6) is 0 Å². The summed E-state index contributed by atoms with van der Waals surface area (Å²) in [5.74, 6) is -0.783. The highest BCUT2D eigenvalue weighted by Crippen LogP contribution is 2.52. The first-order chi connectivity index (χ1) is 52.2. The Morgan fingerprint density at radius 2 is 0.681 bits per heavy atom. The summed E-state index contributed by atoms with van der Waals surface area (Å²) in [7, 11) is 0. The van der Waals surface area contributed by atoms with Gasteiger partial charge in [-0.25, -0.2) is 0 Å². The van der Waals surface area contributed by atoms with Crippen LogP contribution in [0.15, 0.2) is 0 Å². The number of Topliss-reactive ketones (excluding diaryl/α,β-unsaturated/α-hetero) is 7. The van der Waals surface area contributed by atoms with Crippen molar-refractivity contribution in [2.75, 3.05) is 13.1 Å². The fourth-order valence-corrected chi connectivity index (χ4v) is 15.6. The molecule has 0 aliphatic heterocycles. The van der Waals surface area contributed by atoms with Gasteiger partial charge in [-0.05, 0) is 186 Å². The molecule has 0 bridgehead atoms. The highest BCUT2D eigenvalue weighted by Gasteiger charge is 2.55. The molecule has 0 heterocycles. The number of carbonyl (C=O) groups excluding carboxylic acids is 8. The summed E-state index contributed by atoms with van der Waals surface area (Å²) >= 11 is 0. The minimum atomic E-state index is -4.88. The molecular formula is C98H180F9NO11. The molecule has 0 radical (unpaired) electrons. The maximum atomic E-state index is 14.1. The van der Waals surface area contributed by atoms with Gasteiger partial charge in [0.2, 0.25) is 0 Å². The van der Waals surface area contributed by atoms with Crippen molar-refractivity contribution < 1.29 is 92.8 Å². The van der Waals surface area contributed by atoms with Crippen LogP contribution in [0.2, 0.25) is 0 Å². The van der Waals surface area contributed by atoms with Crippen LogP contribution in [-0.2, 0) is 43.1 Å². The Balaban J connectivity index is -0.000000805. The lowest BCUT2D eigenvalue weighted by molar-refractivity contribution is -0.259. The molecule has 0 saturated heterocycles. The zero-order valence-electron chi connectivity index (χ0n) is 83.6. The molecule has 12 nitrogen and oxygen atoms in total. The molecule has 0 rings (SSSR count). The summed E-state index contributed by atoms with van der Waals surface area (Å²) in [6.07, 6.45) is -9.43. The van der Waals surface area contributed by atoms with Crippen molar-refractivity contribution in [1.82, 2.24) is 5.32 Å². The number of rotatable bonds is 46. The standard InChI is InChI=1S/C37H65F6NO4.C28H51F3O3.C19H36O2.C14H28O2/c1-14-33(11,28(46)19-26(18-25(2)3)20-35(13,48)37(41,42)43)23-34(12,27(45)16-15-17-44-24-36(38,39)40)22-31(7,8)29(47)21-32(9,10)30(4,5)6;1-13-26(11,18-24(7,8)22(33)17-25(9,10)23(4,5)6)21(32)15-20(14-19(2)3)16-27(12,34)28(29,30)31;1-10-19(9,16(21)12-17(4,5)6)13-18(7,8)15(20)11-14(2)3;1-9-14(7,8)12(15)16-11(10(2)3)13(4,5)6/h25-26,44,48H,14-24H2,1-13H3;19-20,34H,13-18H2,1-12H3;14H,10-13H2,1-9H3;10-11H,9H2,1-8H3. The van der Waals surface area contributed by atoms with Gasteiger partial charge in [-0.15, -0.1) is 0 Å². The first kappa shape index (κ1) is 122. The molecule has 0 aromatic rings. The lowest BCUT2D eigenvalue weighted by atomic mass is 9.58. The third-order valence-corrected chi connectivity index (χ3v) is 26.5. The molecule has 0 spiro atoms. The lowest BCUT2D eigenvalue weighted by Gasteiger charge is -2.44. The molecule has 0 amide bonds. The van der Waals surface area contributed by atoms with Crippen LogP contribution in [0.3, 0.4) is 0 Å². The second kappa shape index (κ2) is 45.7. The molecule has 0 aromatic heterocycles. The van der Waals surface area contributed by atoms with Gasteiger partial charge in [0.1, 0.15) is 46.6 Å². The molecule has 0 aliphatic rings. The van der Waals surface area contributed by atoms with E-state index in [4.69, 9.17) is 4.74 Å². The first-order valence-corrected chi connectivity index (χ1v) is 44.5. The number of hydrogen-bond donors (Lipinski definition) is 3. The SMILES string of the molecule is CCC(C)(C)C(=O)OC(C(C)C)C(C)(C)C.CCC(C)(CC(C)(C)C(=O)CC(C)(C)C(C)(C)C)C(=O)CC(CC(C)C)CC(C)(O)C(F)(F)F.CCC(C)(CC(C)(C)C(=O)CC(C)C)C(=O)CC(C)(C)C.CCC(C)(CC(C)(CC(C)(C)C(=O)CC(C)(C)C(C)(C)C)C(=O)CCCNCC(F)(F)F)C(=O)CC(CC(C)C)CC(C)(O)C(F)(F)F. The largest absolute Gasteiger partial charge is 0.461 e. The predicted octanol–water partition coefficient (Wildman–Crippen LogP) is 27.7. The number of halogens is 9. The van der Waals surface area contributed by atoms with Crippen LogP contribution in [0.1, 0.15) is 419 Å². The second-order valence-corrected chi connectivity index (χ2v) is 47.5. The van der Waals surface area contributed by atoms with Crippen LogP contribution in [-0.4, -0.2) is 106 Å². The summed E-state index contributed by atoms with van der Waals surface area (Å²) < 4.78 is 124. The minimum absolute atomic E-state index is 0.000399. The smallest absolute Gasteiger partial charge is 0.416 e. The Hall–Kier alpha value is -3.59. The molecule has 9 atom stereocenters. The number of hydrogen-bond acceptors (Lipinski definition) is 12. The first-order valence-electron chi connectivity index (χ1n) is 44.5. The number of ketones is 7. The van der Waals surface area contributed by atoms with Crippen molar-refractivity contribution in [3.05, 3.63) is 0 Å². The number of aliphatic hydroxyl groups is 2. The molecule has 9 unspecified atom stereocenters. The average molecular weight is 1720 g/mol. The molecule has 0 saturated carbocycles. The summed E-state index contributed by atoms with van der Waals surface area (Å²) in [5.41, 5.74) is -12.8. The summed E-state index contributed by atoms with van der Waals surface area (Å²) in [6, 6.07) is 0. The second-order valence-electron chi connectivity index (χ2n) is 47.5. The van der Waals surface area contributed by atoms with E-state index in [9.17, 15) is 88.1 Å². The highest BCUT2D eigenvalue weighted by molar-refractivity contribution is 5.91. The Labute approximate surface area is 720 Å². The predicted molar refractivity (Wildman–Crippen MR) is 472 cm³/mol. The quantitative estimate of drug-likeness (QED) is 0.0297. The van der Waals surface area contributed by atoms with Gasteiger partial charge in [0.25, 0.3) is 0 Å². The number of esters is 1. The van der Waals surface area contributed by atoms with Gasteiger partial charge in [0.05, 0.1) is 12.0 Å². The van der Waals surface area contributed by atoms with Gasteiger partial charge >= 0.3 is 24.5 Å². The van der Waals surface area contributed by atoms with Crippen LogP contribution in [0, 0.1) is 111 Å². The number of ether oxygens (including phenoxy) is 1. The molecular weight excluding hydrogens is 1540 g/mol. The molecule has 21 heteroatoms. The van der Waals surface area contributed by atoms with Crippen LogP contribution in [0.4, 0.5) is 39.5 Å². The van der Waals surface area contributed by atoms with Crippen LogP contribution in [0.25, 0.3) is 0 Å². The normalized spacial score (nSPS) is 17.4. The molecule has 119 heavy (non-hydrogen) atoms. The van der Waals surface area contributed by atoms with Crippen molar-refractivity contribution in [3.8, 4) is 0 Å². The van der Waals surface area contributed by atoms with Crippen LogP contribution < -0.4 is 5.32 Å². The fourth-order valence-electron chi connectivity index (χ4n) is 15.6. The van der Waals surface area contributed by atoms with Crippen molar-refractivity contribution in [2.24, 2.45) is 111 Å². The van der Waals surface area contributed by atoms with E-state index in [0.717, 1.165) is 19.8 Å². The van der Waals surface area contributed by atoms with Crippen molar-refractivity contribution in [1.29, 1.82) is 0 Å². The summed E-state index contributed by atoms with van der Waals surface area (Å²) in [5, 5.41) is 22.6. The zero-order chi connectivity index (χ0) is 96.1. The molecule has 0 aliphatic carbocycles. The topological polar surface area (TPSA) is 198 Å². The molecule has 3 N–H and O–H groups in total. The maximum Gasteiger partial charge on any atom is 0.416 e. The molecule has 0 aromatic carbocycles. The van der Waals surface area contributed by atoms with Crippen molar-refractivity contribution in [3.63, 3.8) is 0 Å². The van der Waals surface area contributed by atoms with E-state index >= 15 is 0 Å². The number of alkyl halides is 9. The van der Waals surface area contributed by atoms with E-state index in [1.807, 2.05) is 132 Å². The van der Waals surface area contributed by atoms with Crippen molar-refractivity contribution in [2.45, 2.75) is 455 Å². The van der Waals surface area contributed by atoms with Gasteiger partial charge in [-0.3, -0.25) is 38.4 Å². The fraction of sp³-hybridized carbons (Fsp3) is 0.918. The lowest BCUT2D eigenvalue weighted by Crippen LogP contribution is -2.46. The van der Waals surface area contributed by atoms with Crippen molar-refractivity contribution >= 4 is 46.5 Å². The minimum Gasteiger partial charge on any atom is -0.461 e. The van der Waals surface area contributed by atoms with Crippen LogP contribution >= 0.6 is 0 Å². The van der Waals surface area contributed by atoms with E-state index in [2.05, 4.69) is 116 Å². The zero-order valence-corrected chi connectivity index (χ0v) is 83.6. The van der Waals surface area contributed by atoms with Gasteiger partial charge in [-0.1, -0.05) is 263 Å². The Bertz CT molecular complexity index is 3150. The molecule has 0 fully saturated rings. The van der Waals surface area contributed by atoms with Gasteiger partial charge in [0.15, 0.2) is 11.2 Å². The van der Waals surface area contributed by atoms with Gasteiger partial charge in [-0.2, -0.15) is 39.5 Å². The maximum absolute atomic E-state index is 14.1.